The summed E-state index contributed by atoms with van der Waals surface area (Å²) in [6.45, 7) is 0. The normalized spacial score (nSPS) is 10.9. The maximum atomic E-state index is 6.12. The molecule has 4 N–H and O–H groups in total. The molecule has 1 aromatic heterocycles. The van der Waals surface area contributed by atoms with Crippen LogP contribution in [0.5, 0.6) is 0 Å². The van der Waals surface area contributed by atoms with Crippen molar-refractivity contribution in [3.63, 3.8) is 0 Å². The van der Waals surface area contributed by atoms with Gasteiger partial charge in [-0.05, 0) is 29.3 Å². The van der Waals surface area contributed by atoms with E-state index in [0.717, 1.165) is 16.9 Å². The Balaban J connectivity index is 1.92. The van der Waals surface area contributed by atoms with Gasteiger partial charge in [-0.25, -0.2) is 0 Å². The third-order valence-electron chi connectivity index (χ3n) is 3.43. The minimum atomic E-state index is -0.0948. The van der Waals surface area contributed by atoms with Crippen molar-refractivity contribution >= 4 is 23.8 Å². The number of halogens is 1. The van der Waals surface area contributed by atoms with Gasteiger partial charge in [-0.3, -0.25) is 0 Å². The van der Waals surface area contributed by atoms with Crippen LogP contribution in [-0.2, 0) is 0 Å². The highest BCUT2D eigenvalue weighted by atomic mass is 35.5. The zero-order chi connectivity index (χ0) is 16.9. The first-order valence-electron chi connectivity index (χ1n) is 7.29. The average molecular weight is 338 g/mol. The van der Waals surface area contributed by atoms with Gasteiger partial charge in [-0.1, -0.05) is 54.1 Å². The molecule has 0 aliphatic carbocycles. The minimum absolute atomic E-state index is 0.0948. The van der Waals surface area contributed by atoms with E-state index in [9.17, 15) is 0 Å². The highest BCUT2D eigenvalue weighted by Gasteiger charge is 2.06. The van der Waals surface area contributed by atoms with E-state index in [1.807, 2.05) is 41.1 Å². The van der Waals surface area contributed by atoms with Crippen molar-refractivity contribution in [1.29, 1.82) is 0 Å². The minimum Gasteiger partial charge on any atom is -0.369 e. The second-order valence-electron chi connectivity index (χ2n) is 5.14. The van der Waals surface area contributed by atoms with Crippen LogP contribution in [0.3, 0.4) is 0 Å². The number of rotatable bonds is 4. The van der Waals surface area contributed by atoms with Gasteiger partial charge in [0.1, 0.15) is 0 Å². The lowest BCUT2D eigenvalue weighted by Gasteiger charge is -2.07. The number of benzene rings is 2. The van der Waals surface area contributed by atoms with E-state index in [0.29, 0.717) is 5.02 Å². The molecule has 6 heteroatoms. The second kappa shape index (κ2) is 7.02. The van der Waals surface area contributed by atoms with Gasteiger partial charge in [0, 0.05) is 11.9 Å². The van der Waals surface area contributed by atoms with Crippen LogP contribution in [0.1, 0.15) is 5.69 Å². The summed E-state index contributed by atoms with van der Waals surface area (Å²) in [5.41, 5.74) is 14.6. The van der Waals surface area contributed by atoms with Gasteiger partial charge in [0.2, 0.25) is 5.96 Å². The van der Waals surface area contributed by atoms with E-state index in [4.69, 9.17) is 23.1 Å². The average Bonchev–Trinajstić information content (AvgIpc) is 2.96. The Morgan fingerprint density at radius 3 is 2.29 bits per heavy atom. The summed E-state index contributed by atoms with van der Waals surface area (Å²) in [5.74, 6) is -0.0948. The number of hydrogen-bond donors (Lipinski definition) is 2. The fourth-order valence-corrected chi connectivity index (χ4v) is 2.58. The van der Waals surface area contributed by atoms with Gasteiger partial charge in [0.15, 0.2) is 0 Å². The van der Waals surface area contributed by atoms with E-state index in [1.54, 1.807) is 12.3 Å². The molecule has 5 nitrogen and oxygen atoms in total. The molecule has 0 spiro atoms. The van der Waals surface area contributed by atoms with Crippen molar-refractivity contribution in [2.45, 2.75) is 0 Å². The SMILES string of the molecule is NC(N)=N/N=C/c1cc(Cl)cn1-c1ccc(-c2ccccc2)cc1. The van der Waals surface area contributed by atoms with Crippen LogP contribution < -0.4 is 11.5 Å². The number of nitrogens with zero attached hydrogens (tertiary/aromatic N) is 3. The molecule has 0 bridgehead atoms. The molecule has 0 aliphatic heterocycles. The van der Waals surface area contributed by atoms with Crippen LogP contribution in [0.2, 0.25) is 5.02 Å². The Labute approximate surface area is 144 Å². The van der Waals surface area contributed by atoms with Crippen molar-refractivity contribution in [3.8, 4) is 16.8 Å². The van der Waals surface area contributed by atoms with Crippen LogP contribution in [0.4, 0.5) is 0 Å². The number of nitrogens with two attached hydrogens (primary N) is 2. The fraction of sp³-hybridized carbons (Fsp3) is 0. The zero-order valence-corrected chi connectivity index (χ0v) is 13.6. The van der Waals surface area contributed by atoms with Crippen LogP contribution in [0.25, 0.3) is 16.8 Å². The topological polar surface area (TPSA) is 81.7 Å². The second-order valence-corrected chi connectivity index (χ2v) is 5.57. The lowest BCUT2D eigenvalue weighted by Crippen LogP contribution is -2.21. The van der Waals surface area contributed by atoms with Crippen molar-refractivity contribution < 1.29 is 0 Å². The molecule has 0 atom stereocenters. The molecule has 3 rings (SSSR count). The van der Waals surface area contributed by atoms with Crippen LogP contribution in [0, 0.1) is 0 Å². The van der Waals surface area contributed by atoms with E-state index in [1.165, 1.54) is 5.56 Å². The van der Waals surface area contributed by atoms with E-state index < -0.39 is 0 Å². The molecule has 120 valence electrons. The predicted octanol–water partition coefficient (Wildman–Crippen LogP) is 3.41. The zero-order valence-electron chi connectivity index (χ0n) is 12.8. The van der Waals surface area contributed by atoms with Gasteiger partial charge in [-0.2, -0.15) is 5.10 Å². The molecule has 0 saturated carbocycles. The summed E-state index contributed by atoms with van der Waals surface area (Å²) in [4.78, 5) is 0. The molecule has 24 heavy (non-hydrogen) atoms. The molecular formula is C18H16ClN5. The molecule has 0 aliphatic rings. The van der Waals surface area contributed by atoms with Gasteiger partial charge < -0.3 is 16.0 Å². The first-order chi connectivity index (χ1) is 11.6. The molecule has 2 aromatic carbocycles. The number of guanidine groups is 1. The van der Waals surface area contributed by atoms with Gasteiger partial charge >= 0.3 is 0 Å². The summed E-state index contributed by atoms with van der Waals surface area (Å²) in [7, 11) is 0. The lowest BCUT2D eigenvalue weighted by molar-refractivity contribution is 1.06. The predicted molar refractivity (Wildman–Crippen MR) is 99.6 cm³/mol. The van der Waals surface area contributed by atoms with Crippen molar-refractivity contribution in [2.24, 2.45) is 21.7 Å². The quantitative estimate of drug-likeness (QED) is 0.434. The largest absolute Gasteiger partial charge is 0.369 e. The fourth-order valence-electron chi connectivity index (χ4n) is 2.37. The molecule has 0 amide bonds. The lowest BCUT2D eigenvalue weighted by atomic mass is 10.1. The van der Waals surface area contributed by atoms with Crippen LogP contribution in [-0.4, -0.2) is 16.7 Å². The maximum Gasteiger partial charge on any atom is 0.211 e. The summed E-state index contributed by atoms with van der Waals surface area (Å²) in [6.07, 6.45) is 3.37. The van der Waals surface area contributed by atoms with Gasteiger partial charge in [-0.15, -0.1) is 5.10 Å². The van der Waals surface area contributed by atoms with Gasteiger partial charge in [0.05, 0.1) is 16.9 Å². The smallest absolute Gasteiger partial charge is 0.211 e. The molecule has 1 heterocycles. The van der Waals surface area contributed by atoms with Crippen molar-refractivity contribution in [2.75, 3.05) is 0 Å². The standard InChI is InChI=1S/C18H16ClN5/c19-15-10-17(11-22-23-18(20)21)24(12-15)16-8-6-14(7-9-16)13-4-2-1-3-5-13/h1-12H,(H4,20,21,23)/b22-11+. The van der Waals surface area contributed by atoms with Gasteiger partial charge in [0.25, 0.3) is 0 Å². The Bertz CT molecular complexity index is 876. The Hall–Kier alpha value is -3.05. The Morgan fingerprint density at radius 2 is 1.62 bits per heavy atom. The number of aromatic nitrogens is 1. The highest BCUT2D eigenvalue weighted by molar-refractivity contribution is 6.30. The molecule has 0 fully saturated rings. The third kappa shape index (κ3) is 3.64. The van der Waals surface area contributed by atoms with Crippen molar-refractivity contribution in [1.82, 2.24) is 4.57 Å². The van der Waals surface area contributed by atoms with E-state index >= 15 is 0 Å². The van der Waals surface area contributed by atoms with Crippen LogP contribution in [0.15, 0.2) is 77.1 Å². The van der Waals surface area contributed by atoms with Crippen LogP contribution >= 0.6 is 11.6 Å². The summed E-state index contributed by atoms with van der Waals surface area (Å²) in [6, 6.07) is 20.2. The van der Waals surface area contributed by atoms with Crippen molar-refractivity contribution in [3.05, 3.63) is 77.6 Å². The Morgan fingerprint density at radius 1 is 0.958 bits per heavy atom. The first-order valence-corrected chi connectivity index (χ1v) is 7.67. The summed E-state index contributed by atoms with van der Waals surface area (Å²) in [5, 5.41) is 8.05. The molecule has 3 aromatic rings. The monoisotopic (exact) mass is 337 g/mol. The molecule has 0 radical (unpaired) electrons. The molecule has 0 unspecified atom stereocenters. The molecule has 0 saturated heterocycles. The highest BCUT2D eigenvalue weighted by Crippen LogP contribution is 2.23. The first kappa shape index (κ1) is 15.8. The third-order valence-corrected chi connectivity index (χ3v) is 3.64. The van der Waals surface area contributed by atoms with E-state index in [2.05, 4.69) is 34.5 Å². The van der Waals surface area contributed by atoms with E-state index in [-0.39, 0.29) is 5.96 Å². The maximum absolute atomic E-state index is 6.12. The summed E-state index contributed by atoms with van der Waals surface area (Å²) >= 11 is 6.12. The summed E-state index contributed by atoms with van der Waals surface area (Å²) < 4.78 is 1.92. The Kier molecular flexibility index (Phi) is 4.63. The number of hydrogen-bond acceptors (Lipinski definition) is 2. The molecular weight excluding hydrogens is 322 g/mol.